The van der Waals surface area contributed by atoms with E-state index in [1.807, 2.05) is 36.0 Å². The van der Waals surface area contributed by atoms with Crippen molar-refractivity contribution in [2.45, 2.75) is 11.5 Å². The zero-order valence-electron chi connectivity index (χ0n) is 7.46. The third kappa shape index (κ3) is 1.14. The molecule has 0 atom stereocenters. The number of thioether (sulfide) groups is 1. The second kappa shape index (κ2) is 3.14. The van der Waals surface area contributed by atoms with Crippen LogP contribution in [0.5, 0.6) is 0 Å². The van der Waals surface area contributed by atoms with Crippen LogP contribution in [-0.2, 0) is 11.5 Å². The van der Waals surface area contributed by atoms with E-state index in [4.69, 9.17) is 11.6 Å². The number of benzene rings is 1. The summed E-state index contributed by atoms with van der Waals surface area (Å²) in [5.74, 6) is 2.01. The maximum atomic E-state index is 6.33. The van der Waals surface area contributed by atoms with Crippen molar-refractivity contribution < 1.29 is 0 Å². The monoisotopic (exact) mass is 221 g/mol. The SMILES string of the molecule is Clc1c2c(nc3ccccc13)CSC2. The van der Waals surface area contributed by atoms with Gasteiger partial charge in [-0.1, -0.05) is 29.8 Å². The fraction of sp³-hybridized carbons (Fsp3) is 0.182. The van der Waals surface area contributed by atoms with Gasteiger partial charge in [0.05, 0.1) is 16.2 Å². The first-order valence-electron chi connectivity index (χ1n) is 4.50. The van der Waals surface area contributed by atoms with Gasteiger partial charge in [-0.15, -0.1) is 0 Å². The Morgan fingerprint density at radius 1 is 1.21 bits per heavy atom. The number of nitrogens with zero attached hydrogens (tertiary/aromatic N) is 1. The van der Waals surface area contributed by atoms with Crippen LogP contribution in [0.3, 0.4) is 0 Å². The van der Waals surface area contributed by atoms with Crippen LogP contribution >= 0.6 is 23.4 Å². The highest BCUT2D eigenvalue weighted by Crippen LogP contribution is 2.37. The Kier molecular flexibility index (Phi) is 1.92. The summed E-state index contributed by atoms with van der Waals surface area (Å²) in [7, 11) is 0. The average molecular weight is 222 g/mol. The van der Waals surface area contributed by atoms with Gasteiger partial charge in [0.25, 0.3) is 0 Å². The van der Waals surface area contributed by atoms with E-state index in [2.05, 4.69) is 4.98 Å². The molecular formula is C11H8ClNS. The molecule has 0 saturated carbocycles. The summed E-state index contributed by atoms with van der Waals surface area (Å²) in [5.41, 5.74) is 3.41. The summed E-state index contributed by atoms with van der Waals surface area (Å²) >= 11 is 8.21. The topological polar surface area (TPSA) is 12.9 Å². The lowest BCUT2D eigenvalue weighted by Crippen LogP contribution is -1.91. The molecule has 1 aromatic carbocycles. The van der Waals surface area contributed by atoms with Crippen molar-refractivity contribution in [1.82, 2.24) is 4.98 Å². The number of halogens is 1. The highest BCUT2D eigenvalue weighted by atomic mass is 35.5. The number of pyridine rings is 1. The van der Waals surface area contributed by atoms with Crippen molar-refractivity contribution in [1.29, 1.82) is 0 Å². The molecule has 0 fully saturated rings. The van der Waals surface area contributed by atoms with Gasteiger partial charge in [0.1, 0.15) is 0 Å². The van der Waals surface area contributed by atoms with Crippen molar-refractivity contribution in [2.75, 3.05) is 0 Å². The number of rotatable bonds is 0. The van der Waals surface area contributed by atoms with E-state index in [1.165, 1.54) is 11.3 Å². The number of para-hydroxylation sites is 1. The van der Waals surface area contributed by atoms with Crippen molar-refractivity contribution in [3.63, 3.8) is 0 Å². The molecule has 0 aliphatic carbocycles. The second-order valence-corrected chi connectivity index (χ2v) is 4.72. The van der Waals surface area contributed by atoms with Crippen LogP contribution in [0.1, 0.15) is 11.3 Å². The van der Waals surface area contributed by atoms with Gasteiger partial charge >= 0.3 is 0 Å². The first kappa shape index (κ1) is 8.57. The van der Waals surface area contributed by atoms with E-state index in [0.717, 1.165) is 27.4 Å². The second-order valence-electron chi connectivity index (χ2n) is 3.36. The Morgan fingerprint density at radius 3 is 3.00 bits per heavy atom. The highest BCUT2D eigenvalue weighted by Gasteiger charge is 2.18. The minimum atomic E-state index is 0.899. The molecule has 1 aliphatic rings. The van der Waals surface area contributed by atoms with Crippen molar-refractivity contribution >= 4 is 34.3 Å². The Bertz CT molecular complexity index is 510. The Morgan fingerprint density at radius 2 is 2.07 bits per heavy atom. The number of fused-ring (bicyclic) bond motifs is 2. The molecule has 1 aromatic heterocycles. The molecule has 2 heterocycles. The van der Waals surface area contributed by atoms with Crippen LogP contribution in [0, 0.1) is 0 Å². The van der Waals surface area contributed by atoms with E-state index in [9.17, 15) is 0 Å². The highest BCUT2D eigenvalue weighted by molar-refractivity contribution is 7.98. The third-order valence-electron chi connectivity index (χ3n) is 2.49. The summed E-state index contributed by atoms with van der Waals surface area (Å²) in [6, 6.07) is 8.06. The van der Waals surface area contributed by atoms with E-state index in [-0.39, 0.29) is 0 Å². The molecule has 1 aliphatic heterocycles. The summed E-state index contributed by atoms with van der Waals surface area (Å²) in [6.45, 7) is 0. The van der Waals surface area contributed by atoms with Crippen molar-refractivity contribution in [3.8, 4) is 0 Å². The van der Waals surface area contributed by atoms with E-state index in [1.54, 1.807) is 0 Å². The molecule has 1 nitrogen and oxygen atoms in total. The first-order chi connectivity index (χ1) is 6.86. The third-order valence-corrected chi connectivity index (χ3v) is 3.90. The average Bonchev–Trinajstić information content (AvgIpc) is 2.66. The molecule has 3 rings (SSSR count). The van der Waals surface area contributed by atoms with Crippen LogP contribution in [0.15, 0.2) is 24.3 Å². The van der Waals surface area contributed by atoms with Crippen LogP contribution in [0.25, 0.3) is 10.9 Å². The molecule has 2 aromatic rings. The molecule has 3 heteroatoms. The maximum Gasteiger partial charge on any atom is 0.0720 e. The molecule has 0 saturated heterocycles. The fourth-order valence-corrected chi connectivity index (χ4v) is 3.24. The molecule has 0 amide bonds. The predicted molar refractivity (Wildman–Crippen MR) is 61.8 cm³/mol. The molecular weight excluding hydrogens is 214 g/mol. The van der Waals surface area contributed by atoms with Gasteiger partial charge in [-0.25, -0.2) is 0 Å². The normalized spacial score (nSPS) is 14.6. The van der Waals surface area contributed by atoms with Crippen LogP contribution in [0.2, 0.25) is 5.02 Å². The van der Waals surface area contributed by atoms with Gasteiger partial charge in [-0.2, -0.15) is 11.8 Å². The molecule has 0 bridgehead atoms. The fourth-order valence-electron chi connectivity index (χ4n) is 1.77. The number of aromatic nitrogens is 1. The quantitative estimate of drug-likeness (QED) is 0.674. The van der Waals surface area contributed by atoms with Gasteiger partial charge < -0.3 is 0 Å². The summed E-state index contributed by atoms with van der Waals surface area (Å²) in [5, 5.41) is 1.98. The molecule has 14 heavy (non-hydrogen) atoms. The van der Waals surface area contributed by atoms with E-state index in [0.29, 0.717) is 0 Å². The Balaban J connectivity index is 2.44. The molecule has 70 valence electrons. The predicted octanol–water partition coefficient (Wildman–Crippen LogP) is 3.64. The maximum absolute atomic E-state index is 6.33. The Labute approximate surface area is 91.5 Å². The molecule has 0 radical (unpaired) electrons. The minimum Gasteiger partial charge on any atom is -0.252 e. The van der Waals surface area contributed by atoms with Crippen LogP contribution in [-0.4, -0.2) is 4.98 Å². The lowest BCUT2D eigenvalue weighted by molar-refractivity contribution is 1.20. The van der Waals surface area contributed by atoms with Crippen LogP contribution < -0.4 is 0 Å². The summed E-state index contributed by atoms with van der Waals surface area (Å²) in [6.07, 6.45) is 0. The number of hydrogen-bond acceptors (Lipinski definition) is 2. The van der Waals surface area contributed by atoms with Gasteiger partial charge in [-0.3, -0.25) is 4.98 Å². The minimum absolute atomic E-state index is 0.899. The molecule has 0 spiro atoms. The van der Waals surface area contributed by atoms with Crippen molar-refractivity contribution in [3.05, 3.63) is 40.5 Å². The van der Waals surface area contributed by atoms with Gasteiger partial charge in [0.2, 0.25) is 0 Å². The lowest BCUT2D eigenvalue weighted by atomic mass is 10.1. The Hall–Kier alpha value is -0.730. The van der Waals surface area contributed by atoms with Gasteiger partial charge in [0, 0.05) is 22.5 Å². The van der Waals surface area contributed by atoms with Crippen molar-refractivity contribution in [2.24, 2.45) is 0 Å². The van der Waals surface area contributed by atoms with E-state index < -0.39 is 0 Å². The molecule has 0 unspecified atom stereocenters. The number of hydrogen-bond donors (Lipinski definition) is 0. The molecule has 0 N–H and O–H groups in total. The zero-order valence-corrected chi connectivity index (χ0v) is 9.03. The first-order valence-corrected chi connectivity index (χ1v) is 6.03. The largest absolute Gasteiger partial charge is 0.252 e. The summed E-state index contributed by atoms with van der Waals surface area (Å²) in [4.78, 5) is 4.61. The van der Waals surface area contributed by atoms with Crippen LogP contribution in [0.4, 0.5) is 0 Å². The zero-order chi connectivity index (χ0) is 9.54. The van der Waals surface area contributed by atoms with Gasteiger partial charge in [-0.05, 0) is 6.07 Å². The smallest absolute Gasteiger partial charge is 0.0720 e. The summed E-state index contributed by atoms with van der Waals surface area (Å²) < 4.78 is 0. The standard InChI is InChI=1S/C11H8ClNS/c12-11-7-3-1-2-4-9(7)13-10-6-14-5-8(10)11/h1-4H,5-6H2. The lowest BCUT2D eigenvalue weighted by Gasteiger charge is -2.05. The van der Waals surface area contributed by atoms with Gasteiger partial charge in [0.15, 0.2) is 0 Å². The van der Waals surface area contributed by atoms with E-state index >= 15 is 0 Å².